The topological polar surface area (TPSA) is 48.0 Å². The molecule has 0 saturated carbocycles. The van der Waals surface area contributed by atoms with Gasteiger partial charge in [-0.15, -0.1) is 0 Å². The molecule has 1 aromatic carbocycles. The van der Waals surface area contributed by atoms with Crippen molar-refractivity contribution in [2.75, 3.05) is 13.2 Å². The van der Waals surface area contributed by atoms with Gasteiger partial charge in [0.05, 0.1) is 18.6 Å². The summed E-state index contributed by atoms with van der Waals surface area (Å²) in [5, 5.41) is 0. The van der Waals surface area contributed by atoms with Crippen molar-refractivity contribution in [3.05, 3.63) is 30.3 Å². The third kappa shape index (κ3) is 2.52. The zero-order valence-corrected chi connectivity index (χ0v) is 13.4. The maximum Gasteiger partial charge on any atom is 0.310 e. The van der Waals surface area contributed by atoms with Crippen molar-refractivity contribution in [1.82, 2.24) is 4.90 Å². The van der Waals surface area contributed by atoms with E-state index in [0.717, 1.165) is 31.6 Å². The summed E-state index contributed by atoms with van der Waals surface area (Å²) in [6.07, 6.45) is 3.00. The number of benzene rings is 1. The summed E-state index contributed by atoms with van der Waals surface area (Å²) in [5.41, 5.74) is -0.302. The first-order chi connectivity index (χ1) is 11.2. The van der Waals surface area contributed by atoms with Crippen molar-refractivity contribution < 1.29 is 19.0 Å². The summed E-state index contributed by atoms with van der Waals surface area (Å²) in [7, 11) is 0. The van der Waals surface area contributed by atoms with E-state index in [0.29, 0.717) is 19.1 Å². The molecule has 0 spiro atoms. The Balaban J connectivity index is 1.54. The van der Waals surface area contributed by atoms with Gasteiger partial charge < -0.3 is 14.2 Å². The first kappa shape index (κ1) is 15.0. The van der Waals surface area contributed by atoms with Crippen LogP contribution in [0, 0.1) is 0 Å². The molecule has 5 nitrogen and oxygen atoms in total. The zero-order valence-electron chi connectivity index (χ0n) is 13.4. The van der Waals surface area contributed by atoms with Crippen LogP contribution in [0.3, 0.4) is 0 Å². The first-order valence-corrected chi connectivity index (χ1v) is 8.51. The van der Waals surface area contributed by atoms with Crippen LogP contribution in [-0.2, 0) is 14.3 Å². The minimum Gasteiger partial charge on any atom is -0.489 e. The quantitative estimate of drug-likeness (QED) is 0.798. The Kier molecular flexibility index (Phi) is 3.77. The van der Waals surface area contributed by atoms with Gasteiger partial charge in [-0.1, -0.05) is 31.5 Å². The van der Waals surface area contributed by atoms with Crippen molar-refractivity contribution in [2.45, 2.75) is 56.6 Å². The predicted molar refractivity (Wildman–Crippen MR) is 84.1 cm³/mol. The van der Waals surface area contributed by atoms with Gasteiger partial charge in [-0.25, -0.2) is 0 Å². The number of carbonyl (C=O) groups is 1. The highest BCUT2D eigenvalue weighted by atomic mass is 16.7. The average Bonchev–Trinajstić information content (AvgIpc) is 3.09. The van der Waals surface area contributed by atoms with Gasteiger partial charge in [0.15, 0.2) is 0 Å². The molecule has 0 amide bonds. The van der Waals surface area contributed by atoms with Crippen LogP contribution in [0.1, 0.15) is 32.6 Å². The van der Waals surface area contributed by atoms with Gasteiger partial charge in [-0.3, -0.25) is 9.69 Å². The minimum atomic E-state index is -0.415. The van der Waals surface area contributed by atoms with Gasteiger partial charge in [0.25, 0.3) is 0 Å². The molecule has 0 bridgehead atoms. The number of para-hydroxylation sites is 1. The van der Waals surface area contributed by atoms with Crippen LogP contribution in [0.5, 0.6) is 5.75 Å². The van der Waals surface area contributed by atoms with Gasteiger partial charge in [-0.05, 0) is 18.6 Å². The summed E-state index contributed by atoms with van der Waals surface area (Å²) in [4.78, 5) is 14.3. The predicted octanol–water partition coefficient (Wildman–Crippen LogP) is 2.35. The molecule has 3 aliphatic heterocycles. The lowest BCUT2D eigenvalue weighted by Gasteiger charge is -2.47. The number of nitrogens with zero attached hydrogens (tertiary/aromatic N) is 1. The van der Waals surface area contributed by atoms with Crippen LogP contribution >= 0.6 is 0 Å². The number of hydrogen-bond acceptors (Lipinski definition) is 5. The molecule has 124 valence electrons. The second kappa shape index (κ2) is 5.80. The van der Waals surface area contributed by atoms with Gasteiger partial charge in [0.2, 0.25) is 6.29 Å². The number of carbonyl (C=O) groups excluding carboxylic acids is 1. The van der Waals surface area contributed by atoms with Crippen molar-refractivity contribution >= 4 is 5.97 Å². The Bertz CT molecular complexity index is 578. The second-order valence-electron chi connectivity index (χ2n) is 6.78. The summed E-state index contributed by atoms with van der Waals surface area (Å²) in [5.74, 6) is 0.759. The molecular formula is C18H23NO4. The van der Waals surface area contributed by atoms with Crippen LogP contribution < -0.4 is 4.74 Å². The molecule has 0 aromatic heterocycles. The molecular weight excluding hydrogens is 294 g/mol. The van der Waals surface area contributed by atoms with E-state index in [2.05, 4.69) is 11.8 Å². The van der Waals surface area contributed by atoms with E-state index in [1.165, 1.54) is 0 Å². The Morgan fingerprint density at radius 1 is 1.35 bits per heavy atom. The van der Waals surface area contributed by atoms with Crippen LogP contribution in [0.15, 0.2) is 30.3 Å². The standard InChI is InChI=1S/C18H23NO4/c1-2-8-18-10-16(20)23-17(18)21-12-13-9-15(11-19(13)18)22-14-6-4-3-5-7-14/h3-7,13,15,17H,2,8-12H2,1H3/t13-,15-,17-,18+/m0/s1. The van der Waals surface area contributed by atoms with E-state index < -0.39 is 6.29 Å². The summed E-state index contributed by atoms with van der Waals surface area (Å²) in [6, 6.07) is 10.2. The van der Waals surface area contributed by atoms with Gasteiger partial charge in [0.1, 0.15) is 11.9 Å². The normalized spacial score (nSPS) is 36.4. The molecule has 3 heterocycles. The molecule has 0 radical (unpaired) electrons. The zero-order chi connectivity index (χ0) is 15.9. The van der Waals surface area contributed by atoms with E-state index in [9.17, 15) is 4.79 Å². The van der Waals surface area contributed by atoms with Crippen molar-refractivity contribution in [3.63, 3.8) is 0 Å². The van der Waals surface area contributed by atoms with E-state index in [1.54, 1.807) is 0 Å². The third-order valence-electron chi connectivity index (χ3n) is 5.24. The fourth-order valence-corrected chi connectivity index (χ4v) is 4.37. The number of rotatable bonds is 4. The highest BCUT2D eigenvalue weighted by molar-refractivity contribution is 5.74. The van der Waals surface area contributed by atoms with Gasteiger partial charge in [-0.2, -0.15) is 0 Å². The maximum absolute atomic E-state index is 11.9. The molecule has 1 aromatic rings. The lowest BCUT2D eigenvalue weighted by molar-refractivity contribution is -0.218. The van der Waals surface area contributed by atoms with E-state index in [4.69, 9.17) is 14.2 Å². The fourth-order valence-electron chi connectivity index (χ4n) is 4.37. The molecule has 3 aliphatic rings. The van der Waals surface area contributed by atoms with E-state index >= 15 is 0 Å². The molecule has 4 rings (SSSR count). The lowest BCUT2D eigenvalue weighted by atomic mass is 9.87. The van der Waals surface area contributed by atoms with Crippen molar-refractivity contribution in [1.29, 1.82) is 0 Å². The maximum atomic E-state index is 11.9. The monoisotopic (exact) mass is 317 g/mol. The van der Waals surface area contributed by atoms with E-state index in [-0.39, 0.29) is 17.6 Å². The smallest absolute Gasteiger partial charge is 0.310 e. The van der Waals surface area contributed by atoms with Crippen LogP contribution in [0.25, 0.3) is 0 Å². The lowest BCUT2D eigenvalue weighted by Crippen LogP contribution is -2.62. The molecule has 3 saturated heterocycles. The van der Waals surface area contributed by atoms with Crippen LogP contribution in [-0.4, -0.2) is 48.0 Å². The molecule has 3 fully saturated rings. The first-order valence-electron chi connectivity index (χ1n) is 8.51. The largest absolute Gasteiger partial charge is 0.489 e. The van der Waals surface area contributed by atoms with E-state index in [1.807, 2.05) is 30.3 Å². The second-order valence-corrected chi connectivity index (χ2v) is 6.78. The Morgan fingerprint density at radius 2 is 2.17 bits per heavy atom. The highest BCUT2D eigenvalue weighted by Crippen LogP contribution is 2.45. The Labute approximate surface area is 136 Å². The molecule has 0 aliphatic carbocycles. The third-order valence-corrected chi connectivity index (χ3v) is 5.24. The molecule has 0 N–H and O–H groups in total. The Morgan fingerprint density at radius 3 is 2.96 bits per heavy atom. The van der Waals surface area contributed by atoms with Crippen LogP contribution in [0.4, 0.5) is 0 Å². The molecule has 5 heteroatoms. The summed E-state index contributed by atoms with van der Waals surface area (Å²) in [6.45, 7) is 3.58. The summed E-state index contributed by atoms with van der Waals surface area (Å²) >= 11 is 0. The molecule has 23 heavy (non-hydrogen) atoms. The molecule has 0 unspecified atom stereocenters. The SMILES string of the molecule is CCC[C@@]12CC(=O)O[C@@H]1OC[C@@H]1C[C@H](Oc3ccccc3)CN12. The highest BCUT2D eigenvalue weighted by Gasteiger charge is 2.60. The van der Waals surface area contributed by atoms with Crippen molar-refractivity contribution in [3.8, 4) is 5.75 Å². The molecule has 4 atom stereocenters. The van der Waals surface area contributed by atoms with Gasteiger partial charge in [0, 0.05) is 19.0 Å². The number of ether oxygens (including phenoxy) is 3. The minimum absolute atomic E-state index is 0.134. The van der Waals surface area contributed by atoms with Gasteiger partial charge >= 0.3 is 5.97 Å². The average molecular weight is 317 g/mol. The van der Waals surface area contributed by atoms with Crippen LogP contribution in [0.2, 0.25) is 0 Å². The summed E-state index contributed by atoms with van der Waals surface area (Å²) < 4.78 is 17.5. The fraction of sp³-hybridized carbons (Fsp3) is 0.611. The Hall–Kier alpha value is -1.59. The number of esters is 1. The number of hydrogen-bond donors (Lipinski definition) is 0. The number of morpholine rings is 1. The number of fused-ring (bicyclic) bond motifs is 3. The van der Waals surface area contributed by atoms with Crippen molar-refractivity contribution in [2.24, 2.45) is 0 Å².